The number of hydrogen-bond acceptors (Lipinski definition) is 7. The normalized spacial score (nSPS) is 11.2. The van der Waals surface area contributed by atoms with E-state index in [0.717, 1.165) is 12.1 Å². The van der Waals surface area contributed by atoms with Crippen molar-refractivity contribution in [2.75, 3.05) is 11.9 Å². The van der Waals surface area contributed by atoms with Gasteiger partial charge in [0.2, 0.25) is 15.8 Å². The molecule has 0 saturated heterocycles. The van der Waals surface area contributed by atoms with Crippen molar-refractivity contribution in [2.24, 2.45) is 5.14 Å². The van der Waals surface area contributed by atoms with Gasteiger partial charge in [-0.3, -0.25) is 9.59 Å². The van der Waals surface area contributed by atoms with Crippen molar-refractivity contribution in [3.8, 4) is 0 Å². The van der Waals surface area contributed by atoms with Crippen LogP contribution in [-0.4, -0.2) is 26.9 Å². The summed E-state index contributed by atoms with van der Waals surface area (Å²) >= 11 is 0. The minimum Gasteiger partial charge on any atom is -0.450 e. The maximum absolute atomic E-state index is 12.1. The zero-order valence-electron chi connectivity index (χ0n) is 14.2. The van der Waals surface area contributed by atoms with Gasteiger partial charge in [-0.2, -0.15) is 0 Å². The Morgan fingerprint density at radius 2 is 1.82 bits per heavy atom. The van der Waals surface area contributed by atoms with Gasteiger partial charge in [-0.05, 0) is 30.3 Å². The lowest BCUT2D eigenvalue weighted by Crippen LogP contribution is -2.21. The lowest BCUT2D eigenvalue weighted by Gasteiger charge is -2.07. The number of nitrogens with two attached hydrogens (primary N) is 1. The lowest BCUT2D eigenvalue weighted by molar-refractivity contribution is -0.119. The first-order valence-electron chi connectivity index (χ1n) is 7.87. The fourth-order valence-corrected chi connectivity index (χ4v) is 2.91. The first-order chi connectivity index (χ1) is 13.2. The van der Waals surface area contributed by atoms with Crippen LogP contribution < -0.4 is 15.9 Å². The van der Waals surface area contributed by atoms with Gasteiger partial charge in [-0.15, -0.1) is 0 Å². The zero-order chi connectivity index (χ0) is 20.3. The van der Waals surface area contributed by atoms with E-state index in [1.165, 1.54) is 24.3 Å². The SMILES string of the molecule is NS(=O)(=O)c1cccc(NC(=O)COC(=O)c2cc(=O)c3ccccc3o2)c1. The average Bonchev–Trinajstić information content (AvgIpc) is 2.65. The third kappa shape index (κ3) is 4.42. The van der Waals surface area contributed by atoms with Crippen LogP contribution in [0.25, 0.3) is 11.0 Å². The van der Waals surface area contributed by atoms with Crippen molar-refractivity contribution in [2.45, 2.75) is 4.90 Å². The van der Waals surface area contributed by atoms with Crippen LogP contribution in [0.15, 0.2) is 68.7 Å². The second-order valence-electron chi connectivity index (χ2n) is 5.67. The molecule has 28 heavy (non-hydrogen) atoms. The number of para-hydroxylation sites is 1. The van der Waals surface area contributed by atoms with E-state index >= 15 is 0 Å². The molecule has 3 aromatic rings. The first-order valence-corrected chi connectivity index (χ1v) is 9.41. The Kier molecular flexibility index (Phi) is 5.25. The van der Waals surface area contributed by atoms with E-state index in [-0.39, 0.29) is 21.9 Å². The number of sulfonamides is 1. The maximum atomic E-state index is 12.1. The number of fused-ring (bicyclic) bond motifs is 1. The van der Waals surface area contributed by atoms with Crippen molar-refractivity contribution in [3.63, 3.8) is 0 Å². The number of hydrogen-bond donors (Lipinski definition) is 2. The Morgan fingerprint density at radius 3 is 2.57 bits per heavy atom. The Labute approximate surface area is 158 Å². The number of benzene rings is 2. The van der Waals surface area contributed by atoms with E-state index in [9.17, 15) is 22.8 Å². The van der Waals surface area contributed by atoms with Crippen LogP contribution in [0.5, 0.6) is 0 Å². The lowest BCUT2D eigenvalue weighted by atomic mass is 10.2. The van der Waals surface area contributed by atoms with Crippen LogP contribution in [0.3, 0.4) is 0 Å². The molecular weight excluding hydrogens is 388 g/mol. The molecule has 0 aliphatic rings. The Morgan fingerprint density at radius 1 is 1.07 bits per heavy atom. The van der Waals surface area contributed by atoms with Crippen LogP contribution in [0, 0.1) is 0 Å². The van der Waals surface area contributed by atoms with Crippen LogP contribution in [0.2, 0.25) is 0 Å². The number of anilines is 1. The van der Waals surface area contributed by atoms with Crippen molar-refractivity contribution >= 4 is 38.6 Å². The second-order valence-corrected chi connectivity index (χ2v) is 7.23. The quantitative estimate of drug-likeness (QED) is 0.610. The third-order valence-electron chi connectivity index (χ3n) is 3.62. The zero-order valence-corrected chi connectivity index (χ0v) is 15.1. The molecule has 0 fully saturated rings. The number of esters is 1. The predicted octanol–water partition coefficient (Wildman–Crippen LogP) is 1.24. The average molecular weight is 402 g/mol. The van der Waals surface area contributed by atoms with Gasteiger partial charge in [0.05, 0.1) is 10.3 Å². The van der Waals surface area contributed by atoms with Gasteiger partial charge in [0.15, 0.2) is 12.0 Å². The molecule has 9 nitrogen and oxygen atoms in total. The molecule has 0 bridgehead atoms. The van der Waals surface area contributed by atoms with Gasteiger partial charge >= 0.3 is 5.97 Å². The molecule has 0 aliphatic heterocycles. The van der Waals surface area contributed by atoms with Crippen molar-refractivity contribution < 1.29 is 27.2 Å². The summed E-state index contributed by atoms with van der Waals surface area (Å²) in [5.74, 6) is -2.05. The summed E-state index contributed by atoms with van der Waals surface area (Å²) in [6.45, 7) is -0.672. The summed E-state index contributed by atoms with van der Waals surface area (Å²) in [6.07, 6.45) is 0. The Bertz CT molecular complexity index is 1230. The van der Waals surface area contributed by atoms with Gasteiger partial charge in [-0.1, -0.05) is 18.2 Å². The molecule has 3 rings (SSSR count). The highest BCUT2D eigenvalue weighted by molar-refractivity contribution is 7.89. The standard InChI is InChI=1S/C18H14N2O7S/c19-28(24,25)12-5-3-4-11(8-12)20-17(22)10-26-18(23)16-9-14(21)13-6-1-2-7-15(13)27-16/h1-9H,10H2,(H,20,22)(H2,19,24,25). The Hall–Kier alpha value is -3.50. The minimum atomic E-state index is -3.92. The van der Waals surface area contributed by atoms with E-state index in [1.807, 2.05) is 0 Å². The number of rotatable bonds is 5. The third-order valence-corrected chi connectivity index (χ3v) is 4.53. The maximum Gasteiger partial charge on any atom is 0.374 e. The highest BCUT2D eigenvalue weighted by Gasteiger charge is 2.16. The monoisotopic (exact) mass is 402 g/mol. The summed E-state index contributed by atoms with van der Waals surface area (Å²) in [6, 6.07) is 12.6. The number of ether oxygens (including phenoxy) is 1. The van der Waals surface area contributed by atoms with E-state index in [2.05, 4.69) is 5.32 Å². The second kappa shape index (κ2) is 7.62. The van der Waals surface area contributed by atoms with E-state index in [4.69, 9.17) is 14.3 Å². The van der Waals surface area contributed by atoms with Crippen LogP contribution in [0.4, 0.5) is 5.69 Å². The molecule has 0 saturated carbocycles. The molecule has 10 heteroatoms. The highest BCUT2D eigenvalue weighted by Crippen LogP contribution is 2.15. The first kappa shape index (κ1) is 19.3. The van der Waals surface area contributed by atoms with Gasteiger partial charge in [0.25, 0.3) is 5.91 Å². The smallest absolute Gasteiger partial charge is 0.374 e. The summed E-state index contributed by atoms with van der Waals surface area (Å²) in [4.78, 5) is 35.8. The van der Waals surface area contributed by atoms with Gasteiger partial charge in [-0.25, -0.2) is 18.4 Å². The largest absolute Gasteiger partial charge is 0.450 e. The molecule has 0 atom stereocenters. The number of carbonyl (C=O) groups is 2. The van der Waals surface area contributed by atoms with E-state index in [1.54, 1.807) is 18.2 Å². The Balaban J connectivity index is 1.66. The number of amides is 1. The highest BCUT2D eigenvalue weighted by atomic mass is 32.2. The van der Waals surface area contributed by atoms with Gasteiger partial charge in [0, 0.05) is 11.8 Å². The minimum absolute atomic E-state index is 0.157. The van der Waals surface area contributed by atoms with Crippen molar-refractivity contribution in [3.05, 3.63) is 70.6 Å². The summed E-state index contributed by atoms with van der Waals surface area (Å²) < 4.78 is 32.8. The molecule has 0 spiro atoms. The molecular formula is C18H14N2O7S. The number of nitrogens with one attached hydrogen (secondary N) is 1. The number of primary sulfonamides is 1. The van der Waals surface area contributed by atoms with Gasteiger partial charge < -0.3 is 14.5 Å². The van der Waals surface area contributed by atoms with E-state index in [0.29, 0.717) is 5.39 Å². The van der Waals surface area contributed by atoms with E-state index < -0.39 is 33.9 Å². The molecule has 0 aliphatic carbocycles. The molecule has 3 N–H and O–H groups in total. The molecule has 0 unspecified atom stereocenters. The topological polar surface area (TPSA) is 146 Å². The molecule has 0 radical (unpaired) electrons. The fourth-order valence-electron chi connectivity index (χ4n) is 2.35. The molecule has 1 heterocycles. The van der Waals surface area contributed by atoms with Crippen LogP contribution in [-0.2, 0) is 19.6 Å². The molecule has 1 amide bonds. The number of carbonyl (C=O) groups excluding carboxylic acids is 2. The molecule has 2 aromatic carbocycles. The van der Waals surface area contributed by atoms with Crippen molar-refractivity contribution in [1.29, 1.82) is 0 Å². The summed E-state index contributed by atoms with van der Waals surface area (Å²) in [5, 5.41) is 7.71. The molecule has 144 valence electrons. The summed E-state index contributed by atoms with van der Waals surface area (Å²) in [7, 11) is -3.92. The van der Waals surface area contributed by atoms with Gasteiger partial charge in [0.1, 0.15) is 5.58 Å². The predicted molar refractivity (Wildman–Crippen MR) is 99.2 cm³/mol. The van der Waals surface area contributed by atoms with Crippen LogP contribution in [0.1, 0.15) is 10.6 Å². The summed E-state index contributed by atoms with van der Waals surface area (Å²) in [5.41, 5.74) is -0.0471. The molecule has 1 aromatic heterocycles. The fraction of sp³-hybridized carbons (Fsp3) is 0.0556. The van der Waals surface area contributed by atoms with Crippen LogP contribution >= 0.6 is 0 Å². The van der Waals surface area contributed by atoms with Crippen molar-refractivity contribution in [1.82, 2.24) is 0 Å².